The highest BCUT2D eigenvalue weighted by molar-refractivity contribution is 7.90. The highest BCUT2D eigenvalue weighted by atomic mass is 32.2. The van der Waals surface area contributed by atoms with Gasteiger partial charge in [0.2, 0.25) is 15.7 Å². The van der Waals surface area contributed by atoms with Crippen LogP contribution in [0.15, 0.2) is 35.6 Å². The first kappa shape index (κ1) is 14.1. The standard InChI is InChI=1S/C11H12N4O4S/c1-2-14-9(13-7-11(14)15(16)17)8-20(18,19)10-5-3-4-6-12-10/h3-7H,2,8H2,1H3. The molecule has 106 valence electrons. The molecule has 0 atom stereocenters. The zero-order chi connectivity index (χ0) is 14.8. The summed E-state index contributed by atoms with van der Waals surface area (Å²) < 4.78 is 25.6. The molecule has 0 aliphatic heterocycles. The monoisotopic (exact) mass is 296 g/mol. The van der Waals surface area contributed by atoms with Crippen molar-refractivity contribution >= 4 is 15.7 Å². The molecule has 0 unspecified atom stereocenters. The Kier molecular flexibility index (Phi) is 3.79. The molecule has 2 aromatic heterocycles. The molecule has 0 fully saturated rings. The third-order valence-electron chi connectivity index (χ3n) is 2.70. The SMILES string of the molecule is CCn1c([N+](=O)[O-])cnc1CS(=O)(=O)c1ccccn1. The van der Waals surface area contributed by atoms with E-state index < -0.39 is 20.5 Å². The molecule has 0 N–H and O–H groups in total. The van der Waals surface area contributed by atoms with Gasteiger partial charge in [0, 0.05) is 6.20 Å². The number of aromatic nitrogens is 3. The van der Waals surface area contributed by atoms with Gasteiger partial charge in [-0.2, -0.15) is 0 Å². The van der Waals surface area contributed by atoms with Gasteiger partial charge in [0.25, 0.3) is 0 Å². The normalized spacial score (nSPS) is 11.4. The fourth-order valence-corrected chi connectivity index (χ4v) is 3.01. The number of sulfone groups is 1. The van der Waals surface area contributed by atoms with Gasteiger partial charge in [0.05, 0.1) is 6.54 Å². The minimum absolute atomic E-state index is 0.0756. The maximum atomic E-state index is 12.2. The second-order valence-corrected chi connectivity index (χ2v) is 5.90. The Labute approximate surface area is 115 Å². The Morgan fingerprint density at radius 2 is 2.10 bits per heavy atom. The number of nitrogens with zero attached hydrogens (tertiary/aromatic N) is 4. The van der Waals surface area contributed by atoms with Crippen molar-refractivity contribution in [3.8, 4) is 0 Å². The molecule has 20 heavy (non-hydrogen) atoms. The van der Waals surface area contributed by atoms with Crippen LogP contribution in [0.5, 0.6) is 0 Å². The molecule has 0 aliphatic rings. The summed E-state index contributed by atoms with van der Waals surface area (Å²) in [4.78, 5) is 17.8. The van der Waals surface area contributed by atoms with Crippen LogP contribution in [0.3, 0.4) is 0 Å². The van der Waals surface area contributed by atoms with Crippen LogP contribution < -0.4 is 0 Å². The van der Waals surface area contributed by atoms with Gasteiger partial charge in [-0.25, -0.2) is 23.0 Å². The summed E-state index contributed by atoms with van der Waals surface area (Å²) in [7, 11) is -3.68. The fraction of sp³-hybridized carbons (Fsp3) is 0.273. The molecule has 0 bridgehead atoms. The van der Waals surface area contributed by atoms with Crippen molar-refractivity contribution in [2.24, 2.45) is 0 Å². The van der Waals surface area contributed by atoms with Crippen molar-refractivity contribution in [1.82, 2.24) is 14.5 Å². The minimum atomic E-state index is -3.68. The summed E-state index contributed by atoms with van der Waals surface area (Å²) in [6.07, 6.45) is 2.44. The van der Waals surface area contributed by atoms with E-state index in [1.807, 2.05) is 0 Å². The molecular formula is C11H12N4O4S. The van der Waals surface area contributed by atoms with Crippen LogP contribution in [-0.2, 0) is 22.1 Å². The summed E-state index contributed by atoms with van der Waals surface area (Å²) >= 11 is 0. The van der Waals surface area contributed by atoms with Crippen molar-refractivity contribution in [2.45, 2.75) is 24.2 Å². The average molecular weight is 296 g/mol. The van der Waals surface area contributed by atoms with Crippen LogP contribution in [0, 0.1) is 10.1 Å². The summed E-state index contributed by atoms with van der Waals surface area (Å²) in [5, 5.41) is 10.7. The number of hydrogen-bond donors (Lipinski definition) is 0. The molecule has 0 saturated heterocycles. The van der Waals surface area contributed by atoms with Crippen molar-refractivity contribution in [3.63, 3.8) is 0 Å². The van der Waals surface area contributed by atoms with Crippen LogP contribution in [0.2, 0.25) is 0 Å². The van der Waals surface area contributed by atoms with Gasteiger partial charge in [-0.3, -0.25) is 0 Å². The zero-order valence-electron chi connectivity index (χ0n) is 10.6. The zero-order valence-corrected chi connectivity index (χ0v) is 11.4. The third-order valence-corrected chi connectivity index (χ3v) is 4.21. The van der Waals surface area contributed by atoms with E-state index in [0.29, 0.717) is 0 Å². The van der Waals surface area contributed by atoms with Crippen molar-refractivity contribution in [2.75, 3.05) is 0 Å². The quantitative estimate of drug-likeness (QED) is 0.605. The number of nitro groups is 1. The predicted octanol–water partition coefficient (Wildman–Crippen LogP) is 1.18. The molecule has 0 spiro atoms. The van der Waals surface area contributed by atoms with Gasteiger partial charge in [0.15, 0.2) is 5.03 Å². The second kappa shape index (κ2) is 5.37. The van der Waals surface area contributed by atoms with Crippen LogP contribution in [0.25, 0.3) is 0 Å². The van der Waals surface area contributed by atoms with E-state index in [9.17, 15) is 18.5 Å². The molecule has 2 aromatic rings. The van der Waals surface area contributed by atoms with E-state index in [1.165, 1.54) is 16.8 Å². The van der Waals surface area contributed by atoms with E-state index in [1.54, 1.807) is 19.1 Å². The largest absolute Gasteiger partial charge is 0.358 e. The van der Waals surface area contributed by atoms with Gasteiger partial charge < -0.3 is 10.1 Å². The Hall–Kier alpha value is -2.29. The van der Waals surface area contributed by atoms with Crippen LogP contribution in [-0.4, -0.2) is 27.9 Å². The van der Waals surface area contributed by atoms with E-state index >= 15 is 0 Å². The molecule has 9 heteroatoms. The van der Waals surface area contributed by atoms with Crippen molar-refractivity contribution in [3.05, 3.63) is 46.5 Å². The molecule has 0 aromatic carbocycles. The lowest BCUT2D eigenvalue weighted by molar-refractivity contribution is -0.392. The molecule has 0 amide bonds. The summed E-state index contributed by atoms with van der Waals surface area (Å²) in [6.45, 7) is 1.95. The summed E-state index contributed by atoms with van der Waals surface area (Å²) in [5.74, 6) is -0.519. The molecule has 0 aliphatic carbocycles. The highest BCUT2D eigenvalue weighted by Gasteiger charge is 2.25. The number of rotatable bonds is 5. The maximum absolute atomic E-state index is 12.2. The second-order valence-electron chi connectivity index (χ2n) is 3.96. The van der Waals surface area contributed by atoms with Gasteiger partial charge in [0.1, 0.15) is 11.9 Å². The van der Waals surface area contributed by atoms with E-state index in [4.69, 9.17) is 0 Å². The first-order chi connectivity index (χ1) is 9.45. The average Bonchev–Trinajstić information content (AvgIpc) is 2.82. The van der Waals surface area contributed by atoms with Gasteiger partial charge in [-0.1, -0.05) is 6.07 Å². The molecule has 0 saturated carbocycles. The molecular weight excluding hydrogens is 284 g/mol. The van der Waals surface area contributed by atoms with Gasteiger partial charge in [-0.15, -0.1) is 0 Å². The van der Waals surface area contributed by atoms with E-state index in [-0.39, 0.29) is 23.2 Å². The highest BCUT2D eigenvalue weighted by Crippen LogP contribution is 2.18. The summed E-state index contributed by atoms with van der Waals surface area (Å²) in [6, 6.07) is 4.55. The molecule has 0 radical (unpaired) electrons. The van der Waals surface area contributed by atoms with Gasteiger partial charge in [-0.05, 0) is 24.0 Å². The third kappa shape index (κ3) is 2.67. The van der Waals surface area contributed by atoms with Gasteiger partial charge >= 0.3 is 5.82 Å². The van der Waals surface area contributed by atoms with Crippen molar-refractivity contribution < 1.29 is 13.3 Å². The smallest absolute Gasteiger partial charge is 0.342 e. The Balaban J connectivity index is 2.38. The number of imidazole rings is 1. The minimum Gasteiger partial charge on any atom is -0.358 e. The van der Waals surface area contributed by atoms with Crippen LogP contribution in [0.1, 0.15) is 12.7 Å². The first-order valence-electron chi connectivity index (χ1n) is 5.78. The number of pyridine rings is 1. The molecule has 8 nitrogen and oxygen atoms in total. The topological polar surface area (TPSA) is 108 Å². The Bertz CT molecular complexity index is 724. The lowest BCUT2D eigenvalue weighted by Crippen LogP contribution is -2.12. The molecule has 2 rings (SSSR count). The Morgan fingerprint density at radius 3 is 2.65 bits per heavy atom. The van der Waals surface area contributed by atoms with E-state index in [2.05, 4.69) is 9.97 Å². The lowest BCUT2D eigenvalue weighted by Gasteiger charge is -2.03. The summed E-state index contributed by atoms with van der Waals surface area (Å²) in [5.41, 5.74) is 0. The van der Waals surface area contributed by atoms with Crippen LogP contribution in [0.4, 0.5) is 5.82 Å². The maximum Gasteiger partial charge on any atom is 0.342 e. The lowest BCUT2D eigenvalue weighted by atomic mass is 10.5. The van der Waals surface area contributed by atoms with E-state index in [0.717, 1.165) is 6.20 Å². The van der Waals surface area contributed by atoms with Crippen LogP contribution >= 0.6 is 0 Å². The van der Waals surface area contributed by atoms with Crippen molar-refractivity contribution in [1.29, 1.82) is 0 Å². The molecule has 2 heterocycles. The Morgan fingerprint density at radius 1 is 1.35 bits per heavy atom. The fourth-order valence-electron chi connectivity index (χ4n) is 1.78. The predicted molar refractivity (Wildman–Crippen MR) is 69.7 cm³/mol. The number of hydrogen-bond acceptors (Lipinski definition) is 6. The first-order valence-corrected chi connectivity index (χ1v) is 7.43.